The van der Waals surface area contributed by atoms with Crippen LogP contribution in [0.2, 0.25) is 5.02 Å². The van der Waals surface area contributed by atoms with Crippen molar-refractivity contribution >= 4 is 23.2 Å². The first kappa shape index (κ1) is 18.3. The average molecular weight is 345 g/mol. The molecule has 24 heavy (non-hydrogen) atoms. The molecule has 0 saturated carbocycles. The summed E-state index contributed by atoms with van der Waals surface area (Å²) in [7, 11) is 0. The molecule has 3 nitrogen and oxygen atoms in total. The third-order valence-electron chi connectivity index (χ3n) is 3.84. The lowest BCUT2D eigenvalue weighted by atomic mass is 9.87. The Morgan fingerprint density at radius 1 is 1.00 bits per heavy atom. The maximum absolute atomic E-state index is 11.9. The van der Waals surface area contributed by atoms with Crippen molar-refractivity contribution in [3.63, 3.8) is 0 Å². The topological polar surface area (TPSA) is 41.1 Å². The molecule has 2 N–H and O–H groups in total. The fourth-order valence-corrected chi connectivity index (χ4v) is 2.43. The van der Waals surface area contributed by atoms with Gasteiger partial charge in [-0.15, -0.1) is 0 Å². The van der Waals surface area contributed by atoms with E-state index < -0.39 is 0 Å². The average Bonchev–Trinajstić information content (AvgIpc) is 2.54. The van der Waals surface area contributed by atoms with Gasteiger partial charge in [0.05, 0.1) is 0 Å². The van der Waals surface area contributed by atoms with Crippen molar-refractivity contribution in [3.8, 4) is 0 Å². The Hall–Kier alpha value is -2.00. The van der Waals surface area contributed by atoms with Gasteiger partial charge >= 0.3 is 0 Å². The second-order valence-corrected chi connectivity index (χ2v) is 7.34. The Morgan fingerprint density at radius 2 is 1.62 bits per heavy atom. The highest BCUT2D eigenvalue weighted by molar-refractivity contribution is 6.30. The molecule has 2 rings (SSSR count). The highest BCUT2D eigenvalue weighted by atomic mass is 35.5. The summed E-state index contributed by atoms with van der Waals surface area (Å²) in [6, 6.07) is 15.9. The van der Waals surface area contributed by atoms with E-state index in [-0.39, 0.29) is 11.3 Å². The lowest BCUT2D eigenvalue weighted by molar-refractivity contribution is -0.121. The number of nitrogens with one attached hydrogen (secondary N) is 2. The first-order valence-electron chi connectivity index (χ1n) is 8.20. The van der Waals surface area contributed by atoms with Crippen LogP contribution in [0.25, 0.3) is 0 Å². The Bertz CT molecular complexity index is 658. The normalized spacial score (nSPS) is 11.2. The minimum absolute atomic E-state index is 0.0313. The van der Waals surface area contributed by atoms with Crippen LogP contribution in [0.4, 0.5) is 5.69 Å². The van der Waals surface area contributed by atoms with Gasteiger partial charge in [0.25, 0.3) is 0 Å². The summed E-state index contributed by atoms with van der Waals surface area (Å²) < 4.78 is 0. The molecular formula is C20H25ClN2O. The summed E-state index contributed by atoms with van der Waals surface area (Å²) in [5.74, 6) is 0.0313. The van der Waals surface area contributed by atoms with Crippen molar-refractivity contribution in [1.29, 1.82) is 0 Å². The highest BCUT2D eigenvalue weighted by Crippen LogP contribution is 2.23. The van der Waals surface area contributed by atoms with Crippen molar-refractivity contribution in [2.24, 2.45) is 0 Å². The molecule has 0 aromatic heterocycles. The summed E-state index contributed by atoms with van der Waals surface area (Å²) in [6.07, 6.45) is 0.439. The van der Waals surface area contributed by atoms with E-state index >= 15 is 0 Å². The molecule has 2 aromatic rings. The molecule has 0 aliphatic rings. The third-order valence-corrected chi connectivity index (χ3v) is 4.09. The van der Waals surface area contributed by atoms with Gasteiger partial charge < -0.3 is 10.6 Å². The summed E-state index contributed by atoms with van der Waals surface area (Å²) >= 11 is 5.84. The van der Waals surface area contributed by atoms with Gasteiger partial charge in [-0.1, -0.05) is 56.6 Å². The second kappa shape index (κ2) is 8.20. The standard InChI is InChI=1S/C20H25ClN2O/c1-20(2,3)16-6-10-18(11-7-16)22-13-12-19(24)23-14-15-4-8-17(21)9-5-15/h4-11,22H,12-14H2,1-3H3,(H,23,24). The molecule has 0 fully saturated rings. The summed E-state index contributed by atoms with van der Waals surface area (Å²) in [4.78, 5) is 11.9. The van der Waals surface area contributed by atoms with Gasteiger partial charge in [0.15, 0.2) is 0 Å². The van der Waals surface area contributed by atoms with Crippen LogP contribution >= 0.6 is 11.6 Å². The fourth-order valence-electron chi connectivity index (χ4n) is 2.30. The Morgan fingerprint density at radius 3 is 2.21 bits per heavy atom. The third kappa shape index (κ3) is 5.89. The summed E-state index contributed by atoms with van der Waals surface area (Å²) in [5.41, 5.74) is 3.53. The van der Waals surface area contributed by atoms with E-state index in [1.807, 2.05) is 24.3 Å². The number of benzene rings is 2. The molecule has 0 heterocycles. The van der Waals surface area contributed by atoms with Gasteiger partial charge in [-0.25, -0.2) is 0 Å². The molecule has 0 aliphatic heterocycles. The van der Waals surface area contributed by atoms with E-state index in [1.54, 1.807) is 0 Å². The molecule has 0 aliphatic carbocycles. The Kier molecular flexibility index (Phi) is 6.27. The zero-order chi connectivity index (χ0) is 17.6. The number of rotatable bonds is 6. The van der Waals surface area contributed by atoms with Crippen LogP contribution in [0, 0.1) is 0 Å². The quantitative estimate of drug-likeness (QED) is 0.793. The molecule has 2 aromatic carbocycles. The smallest absolute Gasteiger partial charge is 0.222 e. The van der Waals surface area contributed by atoms with Crippen LogP contribution in [-0.4, -0.2) is 12.5 Å². The van der Waals surface area contributed by atoms with E-state index in [9.17, 15) is 4.79 Å². The van der Waals surface area contributed by atoms with Gasteiger partial charge in [0.2, 0.25) is 5.91 Å². The molecule has 0 unspecified atom stereocenters. The van der Waals surface area contributed by atoms with Crippen molar-refractivity contribution in [3.05, 3.63) is 64.7 Å². The zero-order valence-electron chi connectivity index (χ0n) is 14.5. The second-order valence-electron chi connectivity index (χ2n) is 6.91. The summed E-state index contributed by atoms with van der Waals surface area (Å²) in [6.45, 7) is 7.72. The molecule has 0 bridgehead atoms. The Balaban J connectivity index is 1.71. The lowest BCUT2D eigenvalue weighted by Crippen LogP contribution is -2.24. The van der Waals surface area contributed by atoms with Crippen LogP contribution in [0.3, 0.4) is 0 Å². The molecule has 128 valence electrons. The maximum Gasteiger partial charge on any atom is 0.222 e. The number of amides is 1. The molecule has 1 amide bonds. The molecule has 0 saturated heterocycles. The largest absolute Gasteiger partial charge is 0.385 e. The highest BCUT2D eigenvalue weighted by Gasteiger charge is 2.12. The monoisotopic (exact) mass is 344 g/mol. The summed E-state index contributed by atoms with van der Waals surface area (Å²) in [5, 5.41) is 6.89. The van der Waals surface area contributed by atoms with Gasteiger partial charge in [-0.05, 0) is 40.8 Å². The number of halogens is 1. The van der Waals surface area contributed by atoms with E-state index in [0.717, 1.165) is 11.3 Å². The van der Waals surface area contributed by atoms with E-state index in [4.69, 9.17) is 11.6 Å². The van der Waals surface area contributed by atoms with Crippen molar-refractivity contribution in [2.75, 3.05) is 11.9 Å². The van der Waals surface area contributed by atoms with Crippen LogP contribution < -0.4 is 10.6 Å². The van der Waals surface area contributed by atoms with Crippen LogP contribution in [0.5, 0.6) is 0 Å². The predicted octanol–water partition coefficient (Wildman–Crippen LogP) is 4.76. The van der Waals surface area contributed by atoms with Gasteiger partial charge in [0, 0.05) is 30.2 Å². The number of carbonyl (C=O) groups is 1. The SMILES string of the molecule is CC(C)(C)c1ccc(NCCC(=O)NCc2ccc(Cl)cc2)cc1. The van der Waals surface area contributed by atoms with Crippen LogP contribution in [0.1, 0.15) is 38.3 Å². The van der Waals surface area contributed by atoms with Crippen molar-refractivity contribution in [2.45, 2.75) is 39.2 Å². The maximum atomic E-state index is 11.9. The van der Waals surface area contributed by atoms with Gasteiger partial charge in [0.1, 0.15) is 0 Å². The molecule has 0 atom stereocenters. The van der Waals surface area contributed by atoms with Crippen molar-refractivity contribution in [1.82, 2.24) is 5.32 Å². The van der Waals surface area contributed by atoms with Crippen LogP contribution in [0.15, 0.2) is 48.5 Å². The molecule has 0 spiro atoms. The molecule has 4 heteroatoms. The number of carbonyl (C=O) groups excluding carboxylic acids is 1. The molecular weight excluding hydrogens is 320 g/mol. The van der Waals surface area contributed by atoms with E-state index in [2.05, 4.69) is 55.7 Å². The molecule has 0 radical (unpaired) electrons. The lowest BCUT2D eigenvalue weighted by Gasteiger charge is -2.19. The minimum atomic E-state index is 0.0313. The number of hydrogen-bond acceptors (Lipinski definition) is 2. The van der Waals surface area contributed by atoms with Gasteiger partial charge in [-0.3, -0.25) is 4.79 Å². The van der Waals surface area contributed by atoms with Gasteiger partial charge in [-0.2, -0.15) is 0 Å². The van der Waals surface area contributed by atoms with Crippen LogP contribution in [-0.2, 0) is 16.8 Å². The number of hydrogen-bond donors (Lipinski definition) is 2. The zero-order valence-corrected chi connectivity index (χ0v) is 15.3. The van der Waals surface area contributed by atoms with E-state index in [1.165, 1.54) is 5.56 Å². The van der Waals surface area contributed by atoms with E-state index in [0.29, 0.717) is 24.5 Å². The first-order chi connectivity index (χ1) is 11.3. The number of anilines is 1. The fraction of sp³-hybridized carbons (Fsp3) is 0.350. The Labute approximate surface area is 149 Å². The first-order valence-corrected chi connectivity index (χ1v) is 8.58. The minimum Gasteiger partial charge on any atom is -0.385 e. The van der Waals surface area contributed by atoms with Crippen molar-refractivity contribution < 1.29 is 4.79 Å². The predicted molar refractivity (Wildman–Crippen MR) is 102 cm³/mol.